The van der Waals surface area contributed by atoms with Gasteiger partial charge in [-0.15, -0.1) is 24.0 Å². The van der Waals surface area contributed by atoms with Gasteiger partial charge in [0.15, 0.2) is 5.96 Å². The average molecular weight is 445 g/mol. The van der Waals surface area contributed by atoms with Crippen LogP contribution in [0, 0.1) is 5.92 Å². The second-order valence-electron chi connectivity index (χ2n) is 6.53. The van der Waals surface area contributed by atoms with E-state index >= 15 is 0 Å². The topological polar surface area (TPSA) is 36.9 Å². The number of nitrogens with zero attached hydrogens (tertiary/aromatic N) is 2. The van der Waals surface area contributed by atoms with Gasteiger partial charge in [0.1, 0.15) is 5.75 Å². The molecule has 0 unspecified atom stereocenters. The zero-order valence-electron chi connectivity index (χ0n) is 15.3. The lowest BCUT2D eigenvalue weighted by molar-refractivity contribution is 0.271. The summed E-state index contributed by atoms with van der Waals surface area (Å²) in [5.74, 6) is 2.58. The summed E-state index contributed by atoms with van der Waals surface area (Å²) in [6.07, 6.45) is 3.53. The van der Waals surface area contributed by atoms with Crippen LogP contribution in [0.4, 0.5) is 0 Å². The first-order chi connectivity index (χ1) is 11.2. The van der Waals surface area contributed by atoms with Gasteiger partial charge in [0, 0.05) is 26.2 Å². The Morgan fingerprint density at radius 1 is 1.21 bits per heavy atom. The fourth-order valence-corrected chi connectivity index (χ4v) is 2.66. The van der Waals surface area contributed by atoms with Crippen molar-refractivity contribution in [2.75, 3.05) is 32.8 Å². The van der Waals surface area contributed by atoms with Gasteiger partial charge in [-0.3, -0.25) is 4.99 Å². The molecule has 0 spiro atoms. The molecule has 1 aromatic rings. The van der Waals surface area contributed by atoms with Crippen LogP contribution >= 0.6 is 24.0 Å². The normalized spacial score (nSPS) is 14.7. The molecule has 0 saturated carbocycles. The standard InChI is InChI=1S/C19H31N3O.HI/c1-4-20-19(22-13-5-6-14-22)21-12-11-17-7-9-18(10-8-17)23-15-16(2)3;/h7-10,16H,4-6,11-15H2,1-3H3,(H,20,21);1H. The molecule has 4 nitrogen and oxygen atoms in total. The van der Waals surface area contributed by atoms with Crippen LogP contribution in [0.3, 0.4) is 0 Å². The van der Waals surface area contributed by atoms with E-state index in [1.807, 2.05) is 0 Å². The number of halogens is 1. The molecule has 1 aliphatic rings. The van der Waals surface area contributed by atoms with E-state index in [0.29, 0.717) is 5.92 Å². The van der Waals surface area contributed by atoms with Crippen molar-refractivity contribution < 1.29 is 4.74 Å². The summed E-state index contributed by atoms with van der Waals surface area (Å²) < 4.78 is 5.72. The van der Waals surface area contributed by atoms with Crippen molar-refractivity contribution in [3.8, 4) is 5.75 Å². The van der Waals surface area contributed by atoms with E-state index in [1.54, 1.807) is 0 Å². The van der Waals surface area contributed by atoms with Gasteiger partial charge < -0.3 is 15.0 Å². The Morgan fingerprint density at radius 3 is 2.46 bits per heavy atom. The third-order valence-corrected chi connectivity index (χ3v) is 3.91. The SMILES string of the molecule is CCNC(=NCCc1ccc(OCC(C)C)cc1)N1CCCC1.I. The number of aliphatic imine (C=N–C) groups is 1. The van der Waals surface area contributed by atoms with Crippen molar-refractivity contribution in [2.24, 2.45) is 10.9 Å². The van der Waals surface area contributed by atoms with E-state index in [1.165, 1.54) is 18.4 Å². The minimum Gasteiger partial charge on any atom is -0.493 e. The van der Waals surface area contributed by atoms with E-state index in [-0.39, 0.29) is 24.0 Å². The van der Waals surface area contributed by atoms with Gasteiger partial charge in [-0.1, -0.05) is 26.0 Å². The summed E-state index contributed by atoms with van der Waals surface area (Å²) in [5.41, 5.74) is 1.31. The molecule has 0 aromatic heterocycles. The number of benzene rings is 1. The molecule has 1 saturated heterocycles. The lowest BCUT2D eigenvalue weighted by Gasteiger charge is -2.20. The summed E-state index contributed by atoms with van der Waals surface area (Å²) >= 11 is 0. The Kier molecular flexibility index (Phi) is 10.1. The van der Waals surface area contributed by atoms with Gasteiger partial charge in [0.25, 0.3) is 0 Å². The summed E-state index contributed by atoms with van der Waals surface area (Å²) in [5, 5.41) is 3.40. The molecule has 0 aliphatic carbocycles. The van der Waals surface area contributed by atoms with Gasteiger partial charge in [-0.25, -0.2) is 0 Å². The zero-order chi connectivity index (χ0) is 16.5. The maximum Gasteiger partial charge on any atom is 0.193 e. The number of ether oxygens (including phenoxy) is 1. The molecule has 5 heteroatoms. The average Bonchev–Trinajstić information content (AvgIpc) is 3.07. The Morgan fingerprint density at radius 2 is 1.88 bits per heavy atom. The smallest absolute Gasteiger partial charge is 0.193 e. The van der Waals surface area contributed by atoms with Crippen LogP contribution in [-0.2, 0) is 6.42 Å². The summed E-state index contributed by atoms with van der Waals surface area (Å²) in [6, 6.07) is 8.42. The third kappa shape index (κ3) is 7.28. The van der Waals surface area contributed by atoms with Crippen molar-refractivity contribution in [1.82, 2.24) is 10.2 Å². The molecule has 0 atom stereocenters. The highest BCUT2D eigenvalue weighted by Crippen LogP contribution is 2.14. The quantitative estimate of drug-likeness (QED) is 0.393. The number of likely N-dealkylation sites (tertiary alicyclic amines) is 1. The number of hydrogen-bond acceptors (Lipinski definition) is 2. The molecule has 1 aromatic carbocycles. The van der Waals surface area contributed by atoms with E-state index < -0.39 is 0 Å². The van der Waals surface area contributed by atoms with Crippen LogP contribution in [0.1, 0.15) is 39.2 Å². The van der Waals surface area contributed by atoms with Gasteiger partial charge in [-0.05, 0) is 49.8 Å². The first kappa shape index (κ1) is 21.1. The minimum atomic E-state index is 0. The summed E-state index contributed by atoms with van der Waals surface area (Å²) in [4.78, 5) is 7.14. The van der Waals surface area contributed by atoms with Crippen LogP contribution in [0.5, 0.6) is 5.75 Å². The Labute approximate surface area is 164 Å². The Bertz CT molecular complexity index is 482. The number of rotatable bonds is 7. The first-order valence-corrected chi connectivity index (χ1v) is 8.94. The van der Waals surface area contributed by atoms with Crippen LogP contribution in [-0.4, -0.2) is 43.6 Å². The molecule has 136 valence electrons. The third-order valence-electron chi connectivity index (χ3n) is 3.91. The molecule has 1 fully saturated rings. The van der Waals surface area contributed by atoms with Crippen LogP contribution in [0.25, 0.3) is 0 Å². The zero-order valence-corrected chi connectivity index (χ0v) is 17.6. The van der Waals surface area contributed by atoms with E-state index in [0.717, 1.165) is 50.9 Å². The molecular weight excluding hydrogens is 413 g/mol. The molecule has 1 aliphatic heterocycles. The van der Waals surface area contributed by atoms with Crippen molar-refractivity contribution in [1.29, 1.82) is 0 Å². The van der Waals surface area contributed by atoms with Crippen molar-refractivity contribution >= 4 is 29.9 Å². The number of hydrogen-bond donors (Lipinski definition) is 1. The van der Waals surface area contributed by atoms with Crippen LogP contribution < -0.4 is 10.1 Å². The largest absolute Gasteiger partial charge is 0.493 e. The summed E-state index contributed by atoms with van der Waals surface area (Å²) in [7, 11) is 0. The minimum absolute atomic E-state index is 0. The van der Waals surface area contributed by atoms with Gasteiger partial charge >= 0.3 is 0 Å². The predicted octanol–water partition coefficient (Wildman–Crippen LogP) is 3.94. The highest BCUT2D eigenvalue weighted by molar-refractivity contribution is 14.0. The first-order valence-electron chi connectivity index (χ1n) is 8.94. The van der Waals surface area contributed by atoms with Gasteiger partial charge in [-0.2, -0.15) is 0 Å². The monoisotopic (exact) mass is 445 g/mol. The van der Waals surface area contributed by atoms with Crippen molar-refractivity contribution in [3.05, 3.63) is 29.8 Å². The molecule has 2 rings (SSSR count). The number of nitrogens with one attached hydrogen (secondary N) is 1. The lowest BCUT2D eigenvalue weighted by Crippen LogP contribution is -2.39. The van der Waals surface area contributed by atoms with E-state index in [2.05, 4.69) is 55.3 Å². The van der Waals surface area contributed by atoms with Crippen molar-refractivity contribution in [2.45, 2.75) is 40.0 Å². The predicted molar refractivity (Wildman–Crippen MR) is 113 cm³/mol. The van der Waals surface area contributed by atoms with Crippen molar-refractivity contribution in [3.63, 3.8) is 0 Å². The van der Waals surface area contributed by atoms with Crippen LogP contribution in [0.2, 0.25) is 0 Å². The molecule has 0 amide bonds. The van der Waals surface area contributed by atoms with Crippen LogP contribution in [0.15, 0.2) is 29.3 Å². The van der Waals surface area contributed by atoms with Gasteiger partial charge in [0.2, 0.25) is 0 Å². The Hall–Kier alpha value is -0.980. The molecule has 1 heterocycles. The fourth-order valence-electron chi connectivity index (χ4n) is 2.66. The Balaban J connectivity index is 0.00000288. The molecule has 0 radical (unpaired) electrons. The highest BCUT2D eigenvalue weighted by Gasteiger charge is 2.15. The second-order valence-corrected chi connectivity index (χ2v) is 6.53. The van der Waals surface area contributed by atoms with E-state index in [4.69, 9.17) is 9.73 Å². The fraction of sp³-hybridized carbons (Fsp3) is 0.632. The molecule has 24 heavy (non-hydrogen) atoms. The lowest BCUT2D eigenvalue weighted by atomic mass is 10.1. The maximum absolute atomic E-state index is 5.72. The highest BCUT2D eigenvalue weighted by atomic mass is 127. The van der Waals surface area contributed by atoms with Gasteiger partial charge in [0.05, 0.1) is 6.61 Å². The molecular formula is C19H32IN3O. The number of guanidine groups is 1. The molecule has 1 N–H and O–H groups in total. The summed E-state index contributed by atoms with van der Waals surface area (Å²) in [6.45, 7) is 11.2. The maximum atomic E-state index is 5.72. The van der Waals surface area contributed by atoms with E-state index in [9.17, 15) is 0 Å². The molecule has 0 bridgehead atoms. The second kappa shape index (κ2) is 11.6.